The summed E-state index contributed by atoms with van der Waals surface area (Å²) in [5.41, 5.74) is 0. The maximum atomic E-state index is 9.27. The van der Waals surface area contributed by atoms with E-state index in [1.807, 2.05) is 0 Å². The van der Waals surface area contributed by atoms with E-state index in [-0.39, 0.29) is 0 Å². The Labute approximate surface area is 76.0 Å². The van der Waals surface area contributed by atoms with E-state index in [1.54, 1.807) is 0 Å². The second-order valence-corrected chi connectivity index (χ2v) is 2.69. The lowest BCUT2D eigenvalue weighted by Crippen LogP contribution is -2.47. The summed E-state index contributed by atoms with van der Waals surface area (Å²) >= 11 is 0. The molecule has 6 heteroatoms. The van der Waals surface area contributed by atoms with Crippen LogP contribution in [-0.2, 0) is 4.74 Å². The number of aliphatic hydroxyl groups excluding tert-OH is 5. The van der Waals surface area contributed by atoms with Gasteiger partial charge in [0.1, 0.15) is 24.4 Å². The molecule has 13 heavy (non-hydrogen) atoms. The van der Waals surface area contributed by atoms with Gasteiger partial charge >= 0.3 is 0 Å². The third kappa shape index (κ3) is 3.55. The molecular weight excluding hydrogens is 180 g/mol. The third-order valence-corrected chi connectivity index (χ3v) is 1.79. The molecule has 0 aromatic heterocycles. The van der Waals surface area contributed by atoms with Gasteiger partial charge < -0.3 is 30.3 Å². The molecule has 0 aliphatic heterocycles. The molecule has 0 bridgehead atoms. The van der Waals surface area contributed by atoms with Crippen molar-refractivity contribution in [1.29, 1.82) is 0 Å². The van der Waals surface area contributed by atoms with Crippen LogP contribution in [0.15, 0.2) is 0 Å². The summed E-state index contributed by atoms with van der Waals surface area (Å²) in [4.78, 5) is 0. The fraction of sp³-hybridized carbons (Fsp3) is 1.00. The van der Waals surface area contributed by atoms with Crippen molar-refractivity contribution in [2.45, 2.75) is 24.4 Å². The molecule has 0 aromatic rings. The molecular formula is C7H16O6. The van der Waals surface area contributed by atoms with Gasteiger partial charge in [0, 0.05) is 7.11 Å². The normalized spacial score (nSPS) is 20.8. The standard InChI is InChI=1S/C7H16O6/c1-13-5(3-9)7(12)6(11)4(10)2-8/h4-12H,2-3H2,1H3. The molecule has 6 nitrogen and oxygen atoms in total. The summed E-state index contributed by atoms with van der Waals surface area (Å²) in [6.07, 6.45) is -5.39. The van der Waals surface area contributed by atoms with E-state index in [1.165, 1.54) is 7.11 Å². The zero-order chi connectivity index (χ0) is 10.4. The van der Waals surface area contributed by atoms with Gasteiger partial charge in [-0.15, -0.1) is 0 Å². The number of aliphatic hydroxyl groups is 5. The Morgan fingerprint density at radius 2 is 1.54 bits per heavy atom. The van der Waals surface area contributed by atoms with Gasteiger partial charge in [-0.3, -0.25) is 0 Å². The van der Waals surface area contributed by atoms with E-state index >= 15 is 0 Å². The molecule has 0 radical (unpaired) electrons. The van der Waals surface area contributed by atoms with E-state index < -0.39 is 37.6 Å². The first-order valence-corrected chi connectivity index (χ1v) is 3.87. The van der Waals surface area contributed by atoms with Crippen LogP contribution in [0.3, 0.4) is 0 Å². The Balaban J connectivity index is 4.13. The van der Waals surface area contributed by atoms with Crippen molar-refractivity contribution in [1.82, 2.24) is 0 Å². The molecule has 4 atom stereocenters. The average Bonchev–Trinajstić information content (AvgIpc) is 2.17. The van der Waals surface area contributed by atoms with Crippen LogP contribution in [-0.4, -0.2) is 70.3 Å². The van der Waals surface area contributed by atoms with E-state index in [0.717, 1.165) is 0 Å². The molecule has 0 aromatic carbocycles. The first-order valence-electron chi connectivity index (χ1n) is 3.87. The molecule has 0 heterocycles. The van der Waals surface area contributed by atoms with Gasteiger partial charge in [0.15, 0.2) is 0 Å². The largest absolute Gasteiger partial charge is 0.394 e. The maximum absolute atomic E-state index is 9.27. The fourth-order valence-electron chi connectivity index (χ4n) is 0.877. The minimum absolute atomic E-state index is 0.479. The van der Waals surface area contributed by atoms with E-state index in [2.05, 4.69) is 4.74 Å². The lowest BCUT2D eigenvalue weighted by molar-refractivity contribution is -0.132. The predicted octanol–water partition coefficient (Wildman–Crippen LogP) is -2.93. The molecule has 5 N–H and O–H groups in total. The molecule has 0 aliphatic rings. The van der Waals surface area contributed by atoms with Crippen LogP contribution in [0.4, 0.5) is 0 Å². The van der Waals surface area contributed by atoms with Gasteiger partial charge in [0.25, 0.3) is 0 Å². The van der Waals surface area contributed by atoms with Crippen LogP contribution in [0.2, 0.25) is 0 Å². The third-order valence-electron chi connectivity index (χ3n) is 1.79. The Hall–Kier alpha value is -0.240. The van der Waals surface area contributed by atoms with E-state index in [0.29, 0.717) is 0 Å². The van der Waals surface area contributed by atoms with Crippen molar-refractivity contribution >= 4 is 0 Å². The summed E-state index contributed by atoms with van der Waals surface area (Å²) < 4.78 is 4.62. The monoisotopic (exact) mass is 196 g/mol. The first kappa shape index (κ1) is 12.8. The minimum Gasteiger partial charge on any atom is -0.394 e. The van der Waals surface area contributed by atoms with Crippen molar-refractivity contribution < 1.29 is 30.3 Å². The highest BCUT2D eigenvalue weighted by atomic mass is 16.5. The predicted molar refractivity (Wildman–Crippen MR) is 43.0 cm³/mol. The Bertz CT molecular complexity index is 126. The molecule has 0 saturated carbocycles. The van der Waals surface area contributed by atoms with Gasteiger partial charge in [0.2, 0.25) is 0 Å². The Morgan fingerprint density at radius 1 is 1.00 bits per heavy atom. The van der Waals surface area contributed by atoms with Crippen LogP contribution in [0.1, 0.15) is 0 Å². The number of methoxy groups -OCH3 is 1. The first-order chi connectivity index (χ1) is 6.08. The van der Waals surface area contributed by atoms with Crippen LogP contribution in [0.25, 0.3) is 0 Å². The highest BCUT2D eigenvalue weighted by Gasteiger charge is 2.30. The molecule has 0 amide bonds. The van der Waals surface area contributed by atoms with Gasteiger partial charge in [-0.05, 0) is 0 Å². The van der Waals surface area contributed by atoms with Crippen molar-refractivity contribution in [3.8, 4) is 0 Å². The Morgan fingerprint density at radius 3 is 1.85 bits per heavy atom. The zero-order valence-electron chi connectivity index (χ0n) is 7.37. The van der Waals surface area contributed by atoms with Crippen molar-refractivity contribution in [2.75, 3.05) is 20.3 Å². The molecule has 0 saturated heterocycles. The van der Waals surface area contributed by atoms with Crippen LogP contribution in [0, 0.1) is 0 Å². The van der Waals surface area contributed by atoms with Gasteiger partial charge in [-0.25, -0.2) is 0 Å². The summed E-state index contributed by atoms with van der Waals surface area (Å²) in [7, 11) is 1.25. The average molecular weight is 196 g/mol. The summed E-state index contributed by atoms with van der Waals surface area (Å²) in [5.74, 6) is 0. The summed E-state index contributed by atoms with van der Waals surface area (Å²) in [5, 5.41) is 44.5. The number of rotatable bonds is 6. The molecule has 0 rings (SSSR count). The van der Waals surface area contributed by atoms with E-state index in [4.69, 9.17) is 20.4 Å². The minimum atomic E-state index is -1.54. The number of ether oxygens (including phenoxy) is 1. The number of hydrogen-bond donors (Lipinski definition) is 5. The Kier molecular flexibility index (Phi) is 6.13. The molecule has 4 unspecified atom stereocenters. The molecule has 0 spiro atoms. The molecule has 80 valence electrons. The van der Waals surface area contributed by atoms with Crippen molar-refractivity contribution in [2.24, 2.45) is 0 Å². The topological polar surface area (TPSA) is 110 Å². The summed E-state index contributed by atoms with van der Waals surface area (Å²) in [6.45, 7) is -1.15. The lowest BCUT2D eigenvalue weighted by atomic mass is 10.0. The van der Waals surface area contributed by atoms with Gasteiger partial charge in [-0.2, -0.15) is 0 Å². The van der Waals surface area contributed by atoms with Gasteiger partial charge in [-0.1, -0.05) is 0 Å². The smallest absolute Gasteiger partial charge is 0.111 e. The fourth-order valence-corrected chi connectivity index (χ4v) is 0.877. The quantitative estimate of drug-likeness (QED) is 0.311. The van der Waals surface area contributed by atoms with E-state index in [9.17, 15) is 5.11 Å². The van der Waals surface area contributed by atoms with Crippen molar-refractivity contribution in [3.05, 3.63) is 0 Å². The summed E-state index contributed by atoms with van der Waals surface area (Å²) in [6, 6.07) is 0. The second kappa shape index (κ2) is 6.25. The van der Waals surface area contributed by atoms with Crippen LogP contribution >= 0.6 is 0 Å². The highest BCUT2D eigenvalue weighted by molar-refractivity contribution is 4.80. The van der Waals surface area contributed by atoms with Crippen molar-refractivity contribution in [3.63, 3.8) is 0 Å². The number of hydrogen-bond acceptors (Lipinski definition) is 6. The zero-order valence-corrected chi connectivity index (χ0v) is 7.37. The maximum Gasteiger partial charge on any atom is 0.111 e. The molecule has 0 aliphatic carbocycles. The highest BCUT2D eigenvalue weighted by Crippen LogP contribution is 2.06. The SMILES string of the molecule is COC(CO)C(O)C(O)C(O)CO. The van der Waals surface area contributed by atoms with Crippen LogP contribution in [0.5, 0.6) is 0 Å². The lowest BCUT2D eigenvalue weighted by Gasteiger charge is -2.26. The second-order valence-electron chi connectivity index (χ2n) is 2.69. The molecule has 0 fully saturated rings. The van der Waals surface area contributed by atoms with Gasteiger partial charge in [0.05, 0.1) is 13.2 Å². The van der Waals surface area contributed by atoms with Crippen LogP contribution < -0.4 is 0 Å².